The fourth-order valence-corrected chi connectivity index (χ4v) is 4.79. The lowest BCUT2D eigenvalue weighted by molar-refractivity contribution is 0.343. The molecule has 5 rings (SSSR count). The Morgan fingerprint density at radius 1 is 1.08 bits per heavy atom. The largest absolute Gasteiger partial charge is 0.494 e. The number of halogens is 2. The van der Waals surface area contributed by atoms with Gasteiger partial charge in [-0.05, 0) is 23.3 Å². The van der Waals surface area contributed by atoms with Crippen LogP contribution in [0.25, 0.3) is 11.1 Å². The van der Waals surface area contributed by atoms with Gasteiger partial charge in [-0.2, -0.15) is 0 Å². The summed E-state index contributed by atoms with van der Waals surface area (Å²) in [5.74, 6) is -0.793. The van der Waals surface area contributed by atoms with Gasteiger partial charge < -0.3 is 15.2 Å². The molecule has 184 valence electrons. The normalized spacial score (nSPS) is 15.3. The van der Waals surface area contributed by atoms with Gasteiger partial charge in [-0.1, -0.05) is 72.3 Å². The number of hydrogen-bond donors (Lipinski definition) is 1. The number of fused-ring (bicyclic) bond motifs is 1. The molecule has 0 bridgehead atoms. The lowest BCUT2D eigenvalue weighted by Gasteiger charge is -2.19. The van der Waals surface area contributed by atoms with E-state index >= 15 is 4.39 Å². The molecule has 2 N–H and O–H groups in total. The summed E-state index contributed by atoms with van der Waals surface area (Å²) in [6, 6.07) is 19.4. The van der Waals surface area contributed by atoms with Gasteiger partial charge in [-0.25, -0.2) is 9.18 Å². The van der Waals surface area contributed by atoms with Gasteiger partial charge in [0.1, 0.15) is 18.2 Å². The van der Waals surface area contributed by atoms with Gasteiger partial charge in [0.05, 0.1) is 13.7 Å². The molecule has 2 atom stereocenters. The van der Waals surface area contributed by atoms with Gasteiger partial charge in [0.2, 0.25) is 5.88 Å². The number of aromatic nitrogens is 2. The average Bonchev–Trinajstić information content (AvgIpc) is 3.33. The summed E-state index contributed by atoms with van der Waals surface area (Å²) < 4.78 is 28.8. The summed E-state index contributed by atoms with van der Waals surface area (Å²) in [5.41, 5.74) is 6.35. The van der Waals surface area contributed by atoms with Crippen LogP contribution < -0.4 is 26.5 Å². The number of methoxy groups -OCH3 is 1. The maximum absolute atomic E-state index is 15.4. The second kappa shape index (κ2) is 9.64. The first-order chi connectivity index (χ1) is 17.4. The minimum absolute atomic E-state index is 0.0217. The molecule has 0 aliphatic carbocycles. The van der Waals surface area contributed by atoms with Crippen molar-refractivity contribution in [1.29, 1.82) is 0 Å². The van der Waals surface area contributed by atoms with Crippen LogP contribution in [0.4, 0.5) is 4.39 Å². The van der Waals surface area contributed by atoms with E-state index in [1.54, 1.807) is 30.3 Å². The zero-order valence-corrected chi connectivity index (χ0v) is 20.1. The molecule has 9 heteroatoms. The van der Waals surface area contributed by atoms with Gasteiger partial charge in [0.25, 0.3) is 5.56 Å². The minimum atomic E-state index is -0.734. The van der Waals surface area contributed by atoms with E-state index < -0.39 is 29.1 Å². The van der Waals surface area contributed by atoms with Crippen molar-refractivity contribution in [3.8, 4) is 22.8 Å². The highest BCUT2D eigenvalue weighted by Crippen LogP contribution is 2.39. The third kappa shape index (κ3) is 3.98. The molecule has 0 spiro atoms. The Morgan fingerprint density at radius 3 is 2.53 bits per heavy atom. The molecule has 0 amide bonds. The van der Waals surface area contributed by atoms with Crippen LogP contribution in [-0.4, -0.2) is 22.9 Å². The van der Waals surface area contributed by atoms with Gasteiger partial charge in [-0.15, -0.1) is 0 Å². The zero-order valence-electron chi connectivity index (χ0n) is 19.4. The Hall–Kier alpha value is -3.88. The van der Waals surface area contributed by atoms with Gasteiger partial charge >= 0.3 is 5.69 Å². The third-order valence-corrected chi connectivity index (χ3v) is 6.69. The van der Waals surface area contributed by atoms with E-state index in [-0.39, 0.29) is 35.9 Å². The molecule has 0 radical (unpaired) electrons. The summed E-state index contributed by atoms with van der Waals surface area (Å²) in [6.07, 6.45) is 0. The zero-order chi connectivity index (χ0) is 25.4. The van der Waals surface area contributed by atoms with Crippen LogP contribution in [0, 0.1) is 5.82 Å². The van der Waals surface area contributed by atoms with Crippen LogP contribution in [0.5, 0.6) is 11.6 Å². The van der Waals surface area contributed by atoms with Crippen LogP contribution in [0.3, 0.4) is 0 Å². The number of benzene rings is 3. The Labute approximate surface area is 211 Å². The summed E-state index contributed by atoms with van der Waals surface area (Å²) in [4.78, 5) is 27.5. The Kier molecular flexibility index (Phi) is 6.38. The molecule has 0 saturated heterocycles. The highest BCUT2D eigenvalue weighted by Gasteiger charge is 2.35. The lowest BCUT2D eigenvalue weighted by atomic mass is 10.0. The van der Waals surface area contributed by atoms with Crippen LogP contribution >= 0.6 is 11.6 Å². The van der Waals surface area contributed by atoms with Gasteiger partial charge in [-0.3, -0.25) is 13.9 Å². The third-order valence-electron chi connectivity index (χ3n) is 6.34. The first-order valence-electron chi connectivity index (χ1n) is 11.3. The monoisotopic (exact) mass is 507 g/mol. The van der Waals surface area contributed by atoms with E-state index in [4.69, 9.17) is 26.8 Å². The summed E-state index contributed by atoms with van der Waals surface area (Å²) in [5, 5.41) is 0.443. The van der Waals surface area contributed by atoms with E-state index in [0.717, 1.165) is 10.1 Å². The Bertz CT molecular complexity index is 1550. The Morgan fingerprint density at radius 2 is 1.81 bits per heavy atom. The molecule has 7 nitrogen and oxygen atoms in total. The second-order valence-corrected chi connectivity index (χ2v) is 8.84. The lowest BCUT2D eigenvalue weighted by Crippen LogP contribution is -2.43. The van der Waals surface area contributed by atoms with Crippen LogP contribution in [0.1, 0.15) is 23.2 Å². The van der Waals surface area contributed by atoms with Crippen molar-refractivity contribution in [2.45, 2.75) is 18.6 Å². The second-order valence-electron chi connectivity index (χ2n) is 8.44. The van der Waals surface area contributed by atoms with Crippen molar-refractivity contribution >= 4 is 11.6 Å². The minimum Gasteiger partial charge on any atom is -0.494 e. The number of hydrogen-bond acceptors (Lipinski definition) is 5. The van der Waals surface area contributed by atoms with E-state index in [1.807, 2.05) is 30.3 Å². The standard InChI is InChI=1S/C27H23ClFN3O4/c1-35-22-13-7-11-18(24(22)29)23-25(33)31(14-20(30)16-8-3-2-4-9-16)27(34)32-21(15-36-26(23)32)17-10-5-6-12-19(17)28/h2-13,20-21H,14-15,30H2,1H3. The Balaban J connectivity index is 1.77. The van der Waals surface area contributed by atoms with Gasteiger partial charge in [0, 0.05) is 16.6 Å². The fraction of sp³-hybridized carbons (Fsp3) is 0.185. The van der Waals surface area contributed by atoms with Gasteiger partial charge in [0.15, 0.2) is 11.6 Å². The molecule has 1 aliphatic rings. The van der Waals surface area contributed by atoms with Crippen molar-refractivity contribution in [1.82, 2.24) is 9.13 Å². The first-order valence-corrected chi connectivity index (χ1v) is 11.7. The smallest absolute Gasteiger partial charge is 0.334 e. The molecule has 0 fully saturated rings. The molecule has 4 aromatic rings. The first kappa shape index (κ1) is 23.8. The predicted molar refractivity (Wildman–Crippen MR) is 135 cm³/mol. The molecule has 2 unspecified atom stereocenters. The van der Waals surface area contributed by atoms with Crippen molar-refractivity contribution in [2.24, 2.45) is 5.73 Å². The van der Waals surface area contributed by atoms with Crippen molar-refractivity contribution in [3.05, 3.63) is 116 Å². The van der Waals surface area contributed by atoms with Crippen LogP contribution in [0.2, 0.25) is 5.02 Å². The summed E-state index contributed by atoms with van der Waals surface area (Å²) >= 11 is 6.44. The molecular formula is C27H23ClFN3O4. The van der Waals surface area contributed by atoms with Crippen LogP contribution in [0.15, 0.2) is 82.4 Å². The highest BCUT2D eigenvalue weighted by atomic mass is 35.5. The molecule has 3 aromatic carbocycles. The average molecular weight is 508 g/mol. The molecule has 1 aromatic heterocycles. The fourth-order valence-electron chi connectivity index (χ4n) is 4.53. The predicted octanol–water partition coefficient (Wildman–Crippen LogP) is 4.16. The van der Waals surface area contributed by atoms with Crippen molar-refractivity contribution in [3.63, 3.8) is 0 Å². The maximum atomic E-state index is 15.4. The van der Waals surface area contributed by atoms with E-state index in [1.165, 1.54) is 23.8 Å². The van der Waals surface area contributed by atoms with Crippen molar-refractivity contribution < 1.29 is 13.9 Å². The van der Waals surface area contributed by atoms with E-state index in [9.17, 15) is 9.59 Å². The summed E-state index contributed by atoms with van der Waals surface area (Å²) in [7, 11) is 1.34. The van der Waals surface area contributed by atoms with E-state index in [0.29, 0.717) is 10.6 Å². The molecule has 1 aliphatic heterocycles. The molecule has 36 heavy (non-hydrogen) atoms. The van der Waals surface area contributed by atoms with E-state index in [2.05, 4.69) is 0 Å². The quantitative estimate of drug-likeness (QED) is 0.423. The number of ether oxygens (including phenoxy) is 2. The van der Waals surface area contributed by atoms with Crippen LogP contribution in [-0.2, 0) is 6.54 Å². The number of nitrogens with zero attached hydrogens (tertiary/aromatic N) is 2. The number of rotatable bonds is 6. The molecule has 0 saturated carbocycles. The SMILES string of the molecule is COc1cccc(-c2c3n(c(=O)n(CC(N)c4ccccc4)c2=O)C(c2ccccc2Cl)CO3)c1F. The number of nitrogens with two attached hydrogens (primary N) is 1. The summed E-state index contributed by atoms with van der Waals surface area (Å²) in [6.45, 7) is -0.0679. The highest BCUT2D eigenvalue weighted by molar-refractivity contribution is 6.31. The molecular weight excluding hydrogens is 485 g/mol. The maximum Gasteiger partial charge on any atom is 0.334 e. The van der Waals surface area contributed by atoms with Crippen molar-refractivity contribution in [2.75, 3.05) is 13.7 Å². The molecule has 2 heterocycles. The topological polar surface area (TPSA) is 88.5 Å².